The van der Waals surface area contributed by atoms with Crippen molar-refractivity contribution in [3.8, 4) is 0 Å². The highest BCUT2D eigenvalue weighted by molar-refractivity contribution is 5.70. The molecule has 0 rings (SSSR count). The Labute approximate surface area is 78.2 Å². The number of esters is 2. The molecule has 0 saturated carbocycles. The van der Waals surface area contributed by atoms with E-state index in [2.05, 4.69) is 0 Å². The summed E-state index contributed by atoms with van der Waals surface area (Å²) < 4.78 is 9.65. The molecule has 1 unspecified atom stereocenters. The van der Waals surface area contributed by atoms with Gasteiger partial charge in [-0.1, -0.05) is 13.8 Å². The molecule has 0 heterocycles. The lowest BCUT2D eigenvalue weighted by Gasteiger charge is -2.15. The lowest BCUT2D eigenvalue weighted by atomic mass is 10.3. The Morgan fingerprint density at radius 2 is 1.85 bits per heavy atom. The molecule has 0 aromatic heterocycles. The second kappa shape index (κ2) is 6.46. The summed E-state index contributed by atoms with van der Waals surface area (Å²) in [7, 11) is 0. The predicted molar refractivity (Wildman–Crippen MR) is 46.8 cm³/mol. The quantitative estimate of drug-likeness (QED) is 0.486. The molecule has 0 fully saturated rings. The molecule has 0 radical (unpaired) electrons. The van der Waals surface area contributed by atoms with Crippen molar-refractivity contribution in [3.05, 3.63) is 0 Å². The molecule has 1 atom stereocenters. The van der Waals surface area contributed by atoms with E-state index in [0.717, 1.165) is 6.42 Å². The molecule has 0 aliphatic heterocycles. The van der Waals surface area contributed by atoms with Gasteiger partial charge in [-0.15, -0.1) is 0 Å². The van der Waals surface area contributed by atoms with Crippen molar-refractivity contribution in [3.63, 3.8) is 0 Å². The largest absolute Gasteiger partial charge is 0.425 e. The number of ether oxygens (including phenoxy) is 2. The number of rotatable bonds is 5. The smallest absolute Gasteiger partial charge is 0.308 e. The molecule has 76 valence electrons. The van der Waals surface area contributed by atoms with Crippen LogP contribution in [0.25, 0.3) is 0 Å². The van der Waals surface area contributed by atoms with Crippen molar-refractivity contribution in [1.82, 2.24) is 0 Å². The van der Waals surface area contributed by atoms with E-state index in [1.165, 1.54) is 6.92 Å². The van der Waals surface area contributed by atoms with Crippen LogP contribution in [0.5, 0.6) is 0 Å². The first-order chi connectivity index (χ1) is 6.10. The van der Waals surface area contributed by atoms with Crippen LogP contribution in [0.3, 0.4) is 0 Å². The third kappa shape index (κ3) is 6.13. The molecule has 4 heteroatoms. The second-order valence-electron chi connectivity index (χ2n) is 2.67. The highest BCUT2D eigenvalue weighted by Gasteiger charge is 2.14. The summed E-state index contributed by atoms with van der Waals surface area (Å²) in [5, 5.41) is 0. The summed E-state index contributed by atoms with van der Waals surface area (Å²) in [6, 6.07) is 0. The van der Waals surface area contributed by atoms with E-state index in [1.54, 1.807) is 6.92 Å². The number of hydrogen-bond donors (Lipinski definition) is 0. The molecule has 0 aliphatic rings. The molecule has 13 heavy (non-hydrogen) atoms. The first kappa shape index (κ1) is 11.9. The average Bonchev–Trinajstić information content (AvgIpc) is 2.03. The Balaban J connectivity index is 3.93. The van der Waals surface area contributed by atoms with Crippen molar-refractivity contribution in [2.75, 3.05) is 0 Å². The molecule has 0 saturated heterocycles. The standard InChI is InChI=1S/C9H16O4/c1-4-6-9(12-7(3)10)13-8(11)5-2/h9H,4-6H2,1-3H3. The minimum atomic E-state index is -0.713. The van der Waals surface area contributed by atoms with Crippen LogP contribution in [0.1, 0.15) is 40.0 Å². The van der Waals surface area contributed by atoms with E-state index in [-0.39, 0.29) is 5.97 Å². The van der Waals surface area contributed by atoms with Crippen molar-refractivity contribution in [1.29, 1.82) is 0 Å². The van der Waals surface area contributed by atoms with Gasteiger partial charge >= 0.3 is 11.9 Å². The Bertz CT molecular complexity index is 176. The monoisotopic (exact) mass is 188 g/mol. The normalized spacial score (nSPS) is 11.9. The van der Waals surface area contributed by atoms with Gasteiger partial charge in [0.2, 0.25) is 6.29 Å². The topological polar surface area (TPSA) is 52.6 Å². The molecular formula is C9H16O4. The highest BCUT2D eigenvalue weighted by atomic mass is 16.7. The van der Waals surface area contributed by atoms with E-state index < -0.39 is 12.3 Å². The van der Waals surface area contributed by atoms with Gasteiger partial charge in [0.25, 0.3) is 0 Å². The van der Waals surface area contributed by atoms with Crippen molar-refractivity contribution >= 4 is 11.9 Å². The van der Waals surface area contributed by atoms with Crippen LogP contribution in [0.15, 0.2) is 0 Å². The second-order valence-corrected chi connectivity index (χ2v) is 2.67. The number of carbonyl (C=O) groups excluding carboxylic acids is 2. The van der Waals surface area contributed by atoms with Gasteiger partial charge in [0.05, 0.1) is 0 Å². The Hall–Kier alpha value is -1.06. The molecular weight excluding hydrogens is 172 g/mol. The average molecular weight is 188 g/mol. The molecule has 0 aliphatic carbocycles. The Morgan fingerprint density at radius 1 is 1.23 bits per heavy atom. The molecule has 0 aromatic rings. The van der Waals surface area contributed by atoms with Crippen LogP contribution in [0.4, 0.5) is 0 Å². The maximum Gasteiger partial charge on any atom is 0.308 e. The first-order valence-corrected chi connectivity index (χ1v) is 4.46. The summed E-state index contributed by atoms with van der Waals surface area (Å²) in [4.78, 5) is 21.5. The zero-order valence-corrected chi connectivity index (χ0v) is 8.33. The summed E-state index contributed by atoms with van der Waals surface area (Å²) in [5.74, 6) is -0.776. The molecule has 0 spiro atoms. The van der Waals surface area contributed by atoms with Crippen LogP contribution < -0.4 is 0 Å². The van der Waals surface area contributed by atoms with Crippen LogP contribution in [0, 0.1) is 0 Å². The van der Waals surface area contributed by atoms with E-state index in [0.29, 0.717) is 12.8 Å². The minimum Gasteiger partial charge on any atom is -0.425 e. The van der Waals surface area contributed by atoms with Gasteiger partial charge in [0, 0.05) is 19.8 Å². The SMILES string of the molecule is CCCC(OC(C)=O)OC(=O)CC. The van der Waals surface area contributed by atoms with Crippen molar-refractivity contribution in [2.24, 2.45) is 0 Å². The Morgan fingerprint density at radius 3 is 2.23 bits per heavy atom. The van der Waals surface area contributed by atoms with Crippen molar-refractivity contribution in [2.45, 2.75) is 46.3 Å². The lowest BCUT2D eigenvalue weighted by molar-refractivity contribution is -0.187. The molecule has 4 nitrogen and oxygen atoms in total. The van der Waals surface area contributed by atoms with E-state index in [1.807, 2.05) is 6.92 Å². The van der Waals surface area contributed by atoms with Gasteiger partial charge in [0.1, 0.15) is 0 Å². The highest BCUT2D eigenvalue weighted by Crippen LogP contribution is 2.05. The van der Waals surface area contributed by atoms with Gasteiger partial charge < -0.3 is 9.47 Å². The summed E-state index contributed by atoms with van der Waals surface area (Å²) in [6.07, 6.45) is 0.928. The fourth-order valence-electron chi connectivity index (χ4n) is 0.793. The van der Waals surface area contributed by atoms with E-state index in [9.17, 15) is 9.59 Å². The number of hydrogen-bond acceptors (Lipinski definition) is 4. The van der Waals surface area contributed by atoms with Gasteiger partial charge in [-0.3, -0.25) is 9.59 Å². The lowest BCUT2D eigenvalue weighted by Crippen LogP contribution is -2.22. The zero-order chi connectivity index (χ0) is 10.3. The summed E-state index contributed by atoms with van der Waals surface area (Å²) in [6.45, 7) is 4.91. The first-order valence-electron chi connectivity index (χ1n) is 4.46. The third-order valence-corrected chi connectivity index (χ3v) is 1.37. The molecule has 0 bridgehead atoms. The van der Waals surface area contributed by atoms with Gasteiger partial charge in [-0.25, -0.2) is 0 Å². The van der Waals surface area contributed by atoms with Crippen LogP contribution in [-0.2, 0) is 19.1 Å². The fourth-order valence-corrected chi connectivity index (χ4v) is 0.793. The van der Waals surface area contributed by atoms with E-state index in [4.69, 9.17) is 9.47 Å². The fraction of sp³-hybridized carbons (Fsp3) is 0.778. The maximum absolute atomic E-state index is 10.9. The van der Waals surface area contributed by atoms with Gasteiger partial charge in [0.15, 0.2) is 0 Å². The van der Waals surface area contributed by atoms with Crippen LogP contribution in [-0.4, -0.2) is 18.2 Å². The number of carbonyl (C=O) groups is 2. The Kier molecular flexibility index (Phi) is 5.93. The molecule has 0 N–H and O–H groups in total. The van der Waals surface area contributed by atoms with E-state index >= 15 is 0 Å². The minimum absolute atomic E-state index is 0.293. The maximum atomic E-state index is 10.9. The van der Waals surface area contributed by atoms with Crippen molar-refractivity contribution < 1.29 is 19.1 Å². The van der Waals surface area contributed by atoms with Gasteiger partial charge in [-0.05, 0) is 6.42 Å². The zero-order valence-electron chi connectivity index (χ0n) is 8.33. The third-order valence-electron chi connectivity index (χ3n) is 1.37. The summed E-state index contributed by atoms with van der Waals surface area (Å²) >= 11 is 0. The molecule has 0 aromatic carbocycles. The predicted octanol–water partition coefficient (Wildman–Crippen LogP) is 1.63. The molecule has 0 amide bonds. The van der Waals surface area contributed by atoms with Crippen LogP contribution in [0.2, 0.25) is 0 Å². The summed E-state index contributed by atoms with van der Waals surface area (Å²) in [5.41, 5.74) is 0. The van der Waals surface area contributed by atoms with Gasteiger partial charge in [-0.2, -0.15) is 0 Å². The van der Waals surface area contributed by atoms with Crippen LogP contribution >= 0.6 is 0 Å².